The molecular weight excluding hydrogens is 328 g/mol. The predicted octanol–water partition coefficient (Wildman–Crippen LogP) is 2.72. The summed E-state index contributed by atoms with van der Waals surface area (Å²) in [6, 6.07) is 10.4. The van der Waals surface area contributed by atoms with Gasteiger partial charge in [0.25, 0.3) is 5.91 Å². The average molecular weight is 347 g/mol. The van der Waals surface area contributed by atoms with E-state index in [0.29, 0.717) is 29.4 Å². The Morgan fingerprint density at radius 2 is 1.88 bits per heavy atom. The number of halogens is 1. The predicted molar refractivity (Wildman–Crippen MR) is 92.7 cm³/mol. The molecule has 0 unspecified atom stereocenters. The smallest absolute Gasteiger partial charge is 0.255 e. The lowest BCUT2D eigenvalue weighted by atomic mass is 10.1. The second-order valence-corrected chi connectivity index (χ2v) is 6.31. The van der Waals surface area contributed by atoms with Crippen LogP contribution in [0.25, 0.3) is 0 Å². The molecule has 0 spiro atoms. The minimum Gasteiger partial charge on any atom is -0.489 e. The van der Waals surface area contributed by atoms with Crippen LogP contribution in [-0.2, 0) is 7.05 Å². The third kappa shape index (κ3) is 3.62. The quantitative estimate of drug-likeness (QED) is 0.858. The molecule has 2 heterocycles. The number of carbonyl (C=O) groups is 1. The highest BCUT2D eigenvalue weighted by molar-refractivity contribution is 6.32. The van der Waals surface area contributed by atoms with Gasteiger partial charge in [-0.05, 0) is 18.2 Å². The Hall–Kier alpha value is -2.27. The Bertz CT molecular complexity index is 795. The van der Waals surface area contributed by atoms with Gasteiger partial charge in [-0.2, -0.15) is 0 Å². The van der Waals surface area contributed by atoms with Crippen molar-refractivity contribution in [2.75, 3.05) is 13.1 Å². The summed E-state index contributed by atoms with van der Waals surface area (Å²) in [5.74, 6) is 0.629. The van der Waals surface area contributed by atoms with Gasteiger partial charge in [0.15, 0.2) is 0 Å². The van der Waals surface area contributed by atoms with Gasteiger partial charge in [-0.3, -0.25) is 9.59 Å². The van der Waals surface area contributed by atoms with Crippen molar-refractivity contribution in [2.24, 2.45) is 7.05 Å². The van der Waals surface area contributed by atoms with E-state index in [4.69, 9.17) is 16.3 Å². The number of aryl methyl sites for hydroxylation is 1. The highest BCUT2D eigenvalue weighted by Crippen LogP contribution is 2.27. The number of amides is 1. The van der Waals surface area contributed by atoms with Gasteiger partial charge in [0.2, 0.25) is 5.56 Å². The van der Waals surface area contributed by atoms with Crippen LogP contribution >= 0.6 is 11.6 Å². The first-order chi connectivity index (χ1) is 11.5. The van der Waals surface area contributed by atoms with E-state index in [1.165, 1.54) is 10.6 Å². The van der Waals surface area contributed by atoms with Crippen LogP contribution in [0.1, 0.15) is 23.2 Å². The number of benzene rings is 1. The van der Waals surface area contributed by atoms with Gasteiger partial charge in [-0.15, -0.1) is 0 Å². The molecule has 126 valence electrons. The van der Waals surface area contributed by atoms with Crippen LogP contribution in [0.5, 0.6) is 5.75 Å². The summed E-state index contributed by atoms with van der Waals surface area (Å²) in [6.07, 6.45) is 3.14. The van der Waals surface area contributed by atoms with Crippen molar-refractivity contribution < 1.29 is 9.53 Å². The number of likely N-dealkylation sites (tertiary alicyclic amines) is 1. The molecule has 0 bridgehead atoms. The summed E-state index contributed by atoms with van der Waals surface area (Å²) in [5.41, 5.74) is 0.404. The Kier molecular flexibility index (Phi) is 4.90. The second kappa shape index (κ2) is 7.09. The largest absolute Gasteiger partial charge is 0.489 e. The molecule has 0 aliphatic carbocycles. The van der Waals surface area contributed by atoms with Crippen LogP contribution in [-0.4, -0.2) is 34.6 Å². The Labute approximate surface area is 145 Å². The lowest BCUT2D eigenvalue weighted by Crippen LogP contribution is -2.42. The fourth-order valence-corrected chi connectivity index (χ4v) is 2.98. The van der Waals surface area contributed by atoms with E-state index in [9.17, 15) is 9.59 Å². The molecule has 1 amide bonds. The Morgan fingerprint density at radius 3 is 2.54 bits per heavy atom. The summed E-state index contributed by atoms with van der Waals surface area (Å²) in [7, 11) is 1.64. The number of hydrogen-bond donors (Lipinski definition) is 0. The van der Waals surface area contributed by atoms with Gasteiger partial charge in [0.1, 0.15) is 11.9 Å². The lowest BCUT2D eigenvalue weighted by molar-refractivity contribution is 0.0595. The molecule has 24 heavy (non-hydrogen) atoms. The zero-order valence-corrected chi connectivity index (χ0v) is 14.2. The molecule has 0 saturated carbocycles. The van der Waals surface area contributed by atoms with Crippen molar-refractivity contribution in [3.05, 3.63) is 63.5 Å². The number of hydrogen-bond acceptors (Lipinski definition) is 3. The van der Waals surface area contributed by atoms with E-state index in [-0.39, 0.29) is 17.6 Å². The van der Waals surface area contributed by atoms with Crippen LogP contribution < -0.4 is 10.3 Å². The van der Waals surface area contributed by atoms with Gasteiger partial charge in [-0.25, -0.2) is 0 Å². The summed E-state index contributed by atoms with van der Waals surface area (Å²) >= 11 is 6.11. The fraction of sp³-hybridized carbons (Fsp3) is 0.333. The van der Waals surface area contributed by atoms with Crippen molar-refractivity contribution in [1.29, 1.82) is 0 Å². The number of pyridine rings is 1. The molecule has 0 atom stereocenters. The van der Waals surface area contributed by atoms with Gasteiger partial charge in [0, 0.05) is 45.2 Å². The topological polar surface area (TPSA) is 51.5 Å². The molecule has 1 aliphatic rings. The molecule has 0 radical (unpaired) electrons. The lowest BCUT2D eigenvalue weighted by Gasteiger charge is -2.32. The molecule has 6 heteroatoms. The van der Waals surface area contributed by atoms with Crippen molar-refractivity contribution in [2.45, 2.75) is 18.9 Å². The first-order valence-electron chi connectivity index (χ1n) is 7.92. The van der Waals surface area contributed by atoms with Crippen LogP contribution in [0.2, 0.25) is 5.02 Å². The minimum absolute atomic E-state index is 0.0501. The minimum atomic E-state index is -0.126. The van der Waals surface area contributed by atoms with Gasteiger partial charge < -0.3 is 14.2 Å². The standard InChI is InChI=1S/C18H19ClN2O3/c1-20-12-13(6-7-17(20)22)18(23)21-10-8-14(9-11-21)24-16-5-3-2-4-15(16)19/h2-7,12,14H,8-11H2,1H3. The van der Waals surface area contributed by atoms with Gasteiger partial charge in [0.05, 0.1) is 10.6 Å². The van der Waals surface area contributed by atoms with E-state index in [2.05, 4.69) is 0 Å². The number of rotatable bonds is 3. The number of nitrogens with zero attached hydrogens (tertiary/aromatic N) is 2. The normalized spacial score (nSPS) is 15.3. The van der Waals surface area contributed by atoms with E-state index >= 15 is 0 Å². The summed E-state index contributed by atoms with van der Waals surface area (Å²) in [6.45, 7) is 1.24. The SMILES string of the molecule is Cn1cc(C(=O)N2CCC(Oc3ccccc3Cl)CC2)ccc1=O. The maximum Gasteiger partial charge on any atom is 0.255 e. The molecular formula is C18H19ClN2O3. The van der Waals surface area contributed by atoms with Crippen molar-refractivity contribution >= 4 is 17.5 Å². The van der Waals surface area contributed by atoms with Crippen LogP contribution in [0, 0.1) is 0 Å². The van der Waals surface area contributed by atoms with Crippen LogP contribution in [0.3, 0.4) is 0 Å². The number of ether oxygens (including phenoxy) is 1. The molecule has 5 nitrogen and oxygen atoms in total. The first-order valence-corrected chi connectivity index (χ1v) is 8.29. The summed E-state index contributed by atoms with van der Waals surface area (Å²) < 4.78 is 7.36. The summed E-state index contributed by atoms with van der Waals surface area (Å²) in [4.78, 5) is 25.8. The number of aromatic nitrogens is 1. The Morgan fingerprint density at radius 1 is 1.17 bits per heavy atom. The number of para-hydroxylation sites is 1. The molecule has 1 aromatic heterocycles. The highest BCUT2D eigenvalue weighted by Gasteiger charge is 2.25. The van der Waals surface area contributed by atoms with E-state index in [0.717, 1.165) is 12.8 Å². The molecule has 1 saturated heterocycles. The maximum absolute atomic E-state index is 12.5. The van der Waals surface area contributed by atoms with E-state index < -0.39 is 0 Å². The molecule has 2 aromatic rings. The van der Waals surface area contributed by atoms with Gasteiger partial charge in [-0.1, -0.05) is 23.7 Å². The summed E-state index contributed by atoms with van der Waals surface area (Å²) in [5, 5.41) is 0.598. The molecule has 3 rings (SSSR count). The maximum atomic E-state index is 12.5. The van der Waals surface area contributed by atoms with Crippen molar-refractivity contribution in [3.8, 4) is 5.75 Å². The number of carbonyl (C=O) groups excluding carboxylic acids is 1. The monoisotopic (exact) mass is 346 g/mol. The number of piperidine rings is 1. The van der Waals surface area contributed by atoms with E-state index in [1.54, 1.807) is 30.3 Å². The van der Waals surface area contributed by atoms with Crippen molar-refractivity contribution in [1.82, 2.24) is 9.47 Å². The average Bonchev–Trinajstić information content (AvgIpc) is 2.59. The zero-order valence-electron chi connectivity index (χ0n) is 13.4. The molecule has 1 fully saturated rings. The molecule has 0 N–H and O–H groups in total. The first kappa shape index (κ1) is 16.6. The van der Waals surface area contributed by atoms with Crippen LogP contribution in [0.4, 0.5) is 0 Å². The molecule has 1 aromatic carbocycles. The third-order valence-corrected chi connectivity index (χ3v) is 4.50. The third-order valence-electron chi connectivity index (χ3n) is 4.19. The fourth-order valence-electron chi connectivity index (χ4n) is 2.80. The highest BCUT2D eigenvalue weighted by atomic mass is 35.5. The zero-order chi connectivity index (χ0) is 17.1. The van der Waals surface area contributed by atoms with Gasteiger partial charge >= 0.3 is 0 Å². The second-order valence-electron chi connectivity index (χ2n) is 5.91. The molecule has 1 aliphatic heterocycles. The van der Waals surface area contributed by atoms with Crippen LogP contribution in [0.15, 0.2) is 47.4 Å². The Balaban J connectivity index is 1.60. The van der Waals surface area contributed by atoms with Crippen molar-refractivity contribution in [3.63, 3.8) is 0 Å². The van der Waals surface area contributed by atoms with E-state index in [1.807, 2.05) is 18.2 Å².